The second kappa shape index (κ2) is 7.49. The van der Waals surface area contributed by atoms with Crippen LogP contribution in [0.4, 0.5) is 0 Å². The normalized spacial score (nSPS) is 11.6. The van der Waals surface area contributed by atoms with Crippen molar-refractivity contribution < 1.29 is 28.9 Å². The summed E-state index contributed by atoms with van der Waals surface area (Å²) in [5, 5.41) is 8.65. The monoisotopic (exact) mass is 297 g/mol. The molecule has 0 radical (unpaired) electrons. The van der Waals surface area contributed by atoms with E-state index in [1.54, 1.807) is 12.1 Å². The van der Waals surface area contributed by atoms with E-state index in [-0.39, 0.29) is 29.9 Å². The number of ketones is 1. The first-order valence-corrected chi connectivity index (χ1v) is 6.26. The average molecular weight is 297 g/mol. The molecule has 1 unspecified atom stereocenters. The number of Topliss-reactive ketones (excluding diaryl/α,β-unsaturated/α-hetero) is 1. The smallest absolute Gasteiger partial charge is 0.303 e. The lowest BCUT2D eigenvalue weighted by molar-refractivity contribution is -0.137. The molecule has 0 heterocycles. The summed E-state index contributed by atoms with van der Waals surface area (Å²) in [4.78, 5) is 23.0. The number of rotatable bonds is 8. The minimum Gasteiger partial charge on any atom is -0.496 e. The Morgan fingerprint density at radius 2 is 1.67 bits per heavy atom. The van der Waals surface area contributed by atoms with Gasteiger partial charge in [0.2, 0.25) is 0 Å². The van der Waals surface area contributed by atoms with Crippen molar-refractivity contribution in [3.63, 3.8) is 0 Å². The van der Waals surface area contributed by atoms with Crippen molar-refractivity contribution >= 4 is 11.8 Å². The quantitative estimate of drug-likeness (QED) is 0.691. The molecule has 7 nitrogen and oxygen atoms in total. The fraction of sp³-hybridized carbons (Fsp3) is 0.429. The molecule has 1 atom stereocenters. The molecular formula is C14H19NO6. The zero-order chi connectivity index (χ0) is 16.0. The summed E-state index contributed by atoms with van der Waals surface area (Å²) >= 11 is 0. The Labute approximate surface area is 122 Å². The van der Waals surface area contributed by atoms with Gasteiger partial charge in [-0.2, -0.15) is 0 Å². The molecule has 0 aliphatic carbocycles. The maximum atomic E-state index is 12.4. The van der Waals surface area contributed by atoms with Gasteiger partial charge >= 0.3 is 5.97 Å². The number of hydrogen-bond acceptors (Lipinski definition) is 6. The molecule has 0 spiro atoms. The van der Waals surface area contributed by atoms with E-state index in [1.165, 1.54) is 21.3 Å². The highest BCUT2D eigenvalue weighted by Crippen LogP contribution is 2.35. The summed E-state index contributed by atoms with van der Waals surface area (Å²) in [5.74, 6) is -0.442. The van der Waals surface area contributed by atoms with Crippen LogP contribution in [-0.4, -0.2) is 44.2 Å². The number of carboxylic acids is 1. The summed E-state index contributed by atoms with van der Waals surface area (Å²) in [6.45, 7) is 0. The number of methoxy groups -OCH3 is 3. The zero-order valence-corrected chi connectivity index (χ0v) is 12.2. The van der Waals surface area contributed by atoms with E-state index in [4.69, 9.17) is 25.1 Å². The molecule has 1 aromatic rings. The first-order valence-electron chi connectivity index (χ1n) is 6.26. The zero-order valence-electron chi connectivity index (χ0n) is 12.2. The number of carboxylic acid groups (broad SMARTS) is 1. The first-order chi connectivity index (χ1) is 9.94. The van der Waals surface area contributed by atoms with Crippen LogP contribution in [0.15, 0.2) is 12.1 Å². The van der Waals surface area contributed by atoms with Crippen LogP contribution in [0.2, 0.25) is 0 Å². The van der Waals surface area contributed by atoms with E-state index in [9.17, 15) is 9.59 Å². The van der Waals surface area contributed by atoms with Crippen molar-refractivity contribution in [2.45, 2.75) is 18.9 Å². The Balaban J connectivity index is 3.14. The molecule has 1 aromatic carbocycles. The second-order valence-corrected chi connectivity index (χ2v) is 4.31. The van der Waals surface area contributed by atoms with Gasteiger partial charge in [0.1, 0.15) is 22.8 Å². The highest BCUT2D eigenvalue weighted by atomic mass is 16.5. The molecule has 21 heavy (non-hydrogen) atoms. The molecule has 0 saturated heterocycles. The van der Waals surface area contributed by atoms with Crippen LogP contribution in [0.3, 0.4) is 0 Å². The molecule has 0 aliphatic heterocycles. The molecule has 3 N–H and O–H groups in total. The van der Waals surface area contributed by atoms with Gasteiger partial charge in [0.05, 0.1) is 27.4 Å². The Morgan fingerprint density at radius 3 is 2.05 bits per heavy atom. The van der Waals surface area contributed by atoms with Gasteiger partial charge in [0, 0.05) is 18.6 Å². The summed E-state index contributed by atoms with van der Waals surface area (Å²) in [5.41, 5.74) is 5.94. The molecular weight excluding hydrogens is 278 g/mol. The van der Waals surface area contributed by atoms with Crippen LogP contribution in [0, 0.1) is 0 Å². The summed E-state index contributed by atoms with van der Waals surface area (Å²) in [7, 11) is 4.30. The van der Waals surface area contributed by atoms with Crippen molar-refractivity contribution in [2.24, 2.45) is 5.73 Å². The Hall–Kier alpha value is -2.28. The lowest BCUT2D eigenvalue weighted by atomic mass is 9.99. The van der Waals surface area contributed by atoms with Crippen molar-refractivity contribution in [1.82, 2.24) is 0 Å². The number of nitrogens with two attached hydrogens (primary N) is 1. The van der Waals surface area contributed by atoms with Gasteiger partial charge in [-0.3, -0.25) is 9.59 Å². The number of benzene rings is 1. The van der Waals surface area contributed by atoms with Crippen molar-refractivity contribution in [3.05, 3.63) is 17.7 Å². The van der Waals surface area contributed by atoms with Gasteiger partial charge in [-0.15, -0.1) is 0 Å². The third kappa shape index (κ3) is 4.09. The van der Waals surface area contributed by atoms with E-state index < -0.39 is 17.8 Å². The number of ether oxygens (including phenoxy) is 3. The van der Waals surface area contributed by atoms with E-state index in [0.29, 0.717) is 5.75 Å². The van der Waals surface area contributed by atoms with Gasteiger partial charge in [0.15, 0.2) is 5.78 Å². The summed E-state index contributed by atoms with van der Waals surface area (Å²) in [6, 6.07) is 2.14. The molecule has 7 heteroatoms. The van der Waals surface area contributed by atoms with E-state index in [0.717, 1.165) is 0 Å². The topological polar surface area (TPSA) is 108 Å². The molecule has 0 amide bonds. The third-order valence-electron chi connectivity index (χ3n) is 2.97. The van der Waals surface area contributed by atoms with E-state index >= 15 is 0 Å². The van der Waals surface area contributed by atoms with Gasteiger partial charge in [-0.25, -0.2) is 0 Å². The van der Waals surface area contributed by atoms with Crippen LogP contribution >= 0.6 is 0 Å². The Morgan fingerprint density at radius 1 is 1.14 bits per heavy atom. The lowest BCUT2D eigenvalue weighted by Crippen LogP contribution is -2.31. The van der Waals surface area contributed by atoms with Gasteiger partial charge in [-0.05, 0) is 6.42 Å². The second-order valence-electron chi connectivity index (χ2n) is 4.31. The highest BCUT2D eigenvalue weighted by Gasteiger charge is 2.25. The van der Waals surface area contributed by atoms with Crippen LogP contribution in [0.25, 0.3) is 0 Å². The number of carbonyl (C=O) groups is 2. The molecule has 0 bridgehead atoms. The standard InChI is InChI=1S/C14H19NO6/c1-19-8-6-10(20-2)13(11(7-8)21-3)14(18)9(15)4-5-12(16)17/h6-7,9H,4-5,15H2,1-3H3,(H,16,17). The summed E-state index contributed by atoms with van der Waals surface area (Å²) < 4.78 is 15.4. The van der Waals surface area contributed by atoms with Gasteiger partial charge in [-0.1, -0.05) is 0 Å². The molecule has 0 aromatic heterocycles. The van der Waals surface area contributed by atoms with Crippen LogP contribution in [0.1, 0.15) is 23.2 Å². The Bertz CT molecular complexity index is 503. The van der Waals surface area contributed by atoms with Gasteiger partial charge < -0.3 is 25.1 Å². The van der Waals surface area contributed by atoms with Crippen molar-refractivity contribution in [2.75, 3.05) is 21.3 Å². The maximum absolute atomic E-state index is 12.4. The minimum absolute atomic E-state index is 0.0342. The van der Waals surface area contributed by atoms with Crippen molar-refractivity contribution in [3.8, 4) is 17.2 Å². The molecule has 0 saturated carbocycles. The first kappa shape index (κ1) is 16.8. The maximum Gasteiger partial charge on any atom is 0.303 e. The SMILES string of the molecule is COc1cc(OC)c(C(=O)C(N)CCC(=O)O)c(OC)c1. The molecule has 1 rings (SSSR count). The number of hydrogen-bond donors (Lipinski definition) is 2. The average Bonchev–Trinajstić information content (AvgIpc) is 2.50. The number of aliphatic carboxylic acids is 1. The molecule has 116 valence electrons. The number of carbonyl (C=O) groups excluding carboxylic acids is 1. The molecule has 0 fully saturated rings. The summed E-state index contributed by atoms with van der Waals surface area (Å²) in [6.07, 6.45) is -0.153. The highest BCUT2D eigenvalue weighted by molar-refractivity contribution is 6.05. The largest absolute Gasteiger partial charge is 0.496 e. The van der Waals surface area contributed by atoms with Gasteiger partial charge in [0.25, 0.3) is 0 Å². The lowest BCUT2D eigenvalue weighted by Gasteiger charge is -2.16. The van der Waals surface area contributed by atoms with E-state index in [2.05, 4.69) is 0 Å². The fourth-order valence-corrected chi connectivity index (χ4v) is 1.84. The van der Waals surface area contributed by atoms with Crippen LogP contribution in [0.5, 0.6) is 17.2 Å². The fourth-order valence-electron chi connectivity index (χ4n) is 1.84. The van der Waals surface area contributed by atoms with Crippen molar-refractivity contribution in [1.29, 1.82) is 0 Å². The van der Waals surface area contributed by atoms with Crippen LogP contribution in [-0.2, 0) is 4.79 Å². The Kier molecular flexibility index (Phi) is 5.98. The minimum atomic E-state index is -1.01. The predicted molar refractivity (Wildman–Crippen MR) is 75.3 cm³/mol. The third-order valence-corrected chi connectivity index (χ3v) is 2.97. The molecule has 0 aliphatic rings. The van der Waals surface area contributed by atoms with E-state index in [1.807, 2.05) is 0 Å². The van der Waals surface area contributed by atoms with Crippen LogP contribution < -0.4 is 19.9 Å². The predicted octanol–water partition coefficient (Wildman–Crippen LogP) is 1.09.